The molecule has 1 unspecified atom stereocenters. The van der Waals surface area contributed by atoms with Crippen molar-refractivity contribution in [2.45, 2.75) is 83.8 Å². The highest BCUT2D eigenvalue weighted by Crippen LogP contribution is 2.73. The summed E-state index contributed by atoms with van der Waals surface area (Å²) in [6.07, 6.45) is 1.97. The maximum Gasteiger partial charge on any atom is 0.525 e. The van der Waals surface area contributed by atoms with Crippen LogP contribution in [0.4, 0.5) is 13.2 Å². The van der Waals surface area contributed by atoms with Crippen molar-refractivity contribution in [1.82, 2.24) is 0 Å². The lowest BCUT2D eigenvalue weighted by Crippen LogP contribution is -2.41. The largest absolute Gasteiger partial charge is 0.525 e. The van der Waals surface area contributed by atoms with Gasteiger partial charge in [0.1, 0.15) is 5.73 Å². The Morgan fingerprint density at radius 2 is 1.57 bits per heavy atom. The third-order valence-electron chi connectivity index (χ3n) is 6.64. The first-order valence-electron chi connectivity index (χ1n) is 8.59. The number of allylic oxidation sites excluding steroid dienone is 1. The molecule has 3 fully saturated rings. The second-order valence-corrected chi connectivity index (χ2v) is 8.28. The number of hydrogen-bond acceptors (Lipinski definition) is 2. The Hall–Kier alpha value is -0.485. The Balaban J connectivity index is 1.71. The van der Waals surface area contributed by atoms with E-state index in [1.54, 1.807) is 0 Å². The van der Waals surface area contributed by atoms with E-state index in [9.17, 15) is 13.2 Å². The molecule has 0 bridgehead atoms. The summed E-state index contributed by atoms with van der Waals surface area (Å²) in [6.45, 7) is 9.30. The van der Waals surface area contributed by atoms with E-state index in [1.165, 1.54) is 0 Å². The molecule has 0 N–H and O–H groups in total. The molecule has 0 aromatic rings. The maximum absolute atomic E-state index is 14.8. The molecule has 23 heavy (non-hydrogen) atoms. The average Bonchev–Trinajstić information content (AvgIpc) is 2.79. The highest BCUT2D eigenvalue weighted by atomic mass is 19.3. The van der Waals surface area contributed by atoms with Gasteiger partial charge in [0.05, 0.1) is 11.2 Å². The first kappa shape index (κ1) is 17.3. The van der Waals surface area contributed by atoms with Gasteiger partial charge in [-0.25, -0.2) is 13.2 Å². The number of rotatable bonds is 2. The minimum absolute atomic E-state index is 0.362. The standard InChI is InChI=1S/C17H26BF3O2/c1-6-12-16(17(12,20)21)9-7-11(8-10-16)13(19)18-22-14(2,3)15(4,5)23-18/h12H,6-10H2,1-5H3. The van der Waals surface area contributed by atoms with Crippen LogP contribution in [-0.2, 0) is 9.31 Å². The fourth-order valence-corrected chi connectivity index (χ4v) is 4.27. The predicted molar refractivity (Wildman–Crippen MR) is 83.8 cm³/mol. The molecule has 1 saturated heterocycles. The van der Waals surface area contributed by atoms with Crippen LogP contribution in [0.25, 0.3) is 0 Å². The highest BCUT2D eigenvalue weighted by molar-refractivity contribution is 6.53. The zero-order valence-electron chi connectivity index (χ0n) is 14.6. The van der Waals surface area contributed by atoms with E-state index in [1.807, 2.05) is 34.6 Å². The van der Waals surface area contributed by atoms with Crippen LogP contribution in [0.5, 0.6) is 0 Å². The van der Waals surface area contributed by atoms with Gasteiger partial charge >= 0.3 is 7.12 Å². The van der Waals surface area contributed by atoms with E-state index in [4.69, 9.17) is 9.31 Å². The molecular formula is C17H26BF3O2. The lowest BCUT2D eigenvalue weighted by Gasteiger charge is -2.32. The van der Waals surface area contributed by atoms with Crippen LogP contribution in [0.2, 0.25) is 0 Å². The van der Waals surface area contributed by atoms with E-state index >= 15 is 0 Å². The summed E-state index contributed by atoms with van der Waals surface area (Å²) in [5.74, 6) is -3.11. The summed E-state index contributed by atoms with van der Waals surface area (Å²) in [5, 5.41) is 0. The van der Waals surface area contributed by atoms with Crippen molar-refractivity contribution in [3.8, 4) is 0 Å². The smallest absolute Gasteiger partial charge is 0.398 e. The van der Waals surface area contributed by atoms with Crippen LogP contribution in [0.1, 0.15) is 66.7 Å². The van der Waals surface area contributed by atoms with Gasteiger partial charge in [-0.15, -0.1) is 0 Å². The van der Waals surface area contributed by atoms with E-state index < -0.39 is 41.3 Å². The monoisotopic (exact) mass is 330 g/mol. The zero-order chi connectivity index (χ0) is 17.3. The molecule has 2 nitrogen and oxygen atoms in total. The van der Waals surface area contributed by atoms with Crippen LogP contribution < -0.4 is 0 Å². The van der Waals surface area contributed by atoms with E-state index in [-0.39, 0.29) is 0 Å². The molecule has 0 amide bonds. The average molecular weight is 330 g/mol. The zero-order valence-corrected chi connectivity index (χ0v) is 14.6. The minimum atomic E-state index is -2.58. The van der Waals surface area contributed by atoms with Crippen LogP contribution in [0.15, 0.2) is 11.3 Å². The predicted octanol–water partition coefficient (Wildman–Crippen LogP) is 5.08. The quantitative estimate of drug-likeness (QED) is 0.658. The molecule has 0 radical (unpaired) electrons. The Morgan fingerprint density at radius 1 is 1.09 bits per heavy atom. The molecular weight excluding hydrogens is 304 g/mol. The molecule has 3 aliphatic rings. The summed E-state index contributed by atoms with van der Waals surface area (Å²) < 4.78 is 54.2. The SMILES string of the molecule is CCC1C(F)(F)C12CCC(=C(F)B1OC(C)(C)C(C)(C)O1)CC2. The molecule has 1 heterocycles. The Morgan fingerprint density at radius 3 is 1.96 bits per heavy atom. The van der Waals surface area contributed by atoms with Crippen molar-refractivity contribution < 1.29 is 22.5 Å². The van der Waals surface area contributed by atoms with Crippen LogP contribution >= 0.6 is 0 Å². The normalized spacial score (nSPS) is 37.3. The van der Waals surface area contributed by atoms with Gasteiger partial charge in [-0.2, -0.15) is 0 Å². The molecule has 1 atom stereocenters. The Labute approximate surface area is 136 Å². The maximum atomic E-state index is 14.8. The van der Waals surface area contributed by atoms with Gasteiger partial charge in [-0.05, 0) is 65.4 Å². The summed E-state index contributed by atoms with van der Waals surface area (Å²) in [7, 11) is -1.01. The topological polar surface area (TPSA) is 18.5 Å². The fraction of sp³-hybridized carbons (Fsp3) is 0.882. The highest BCUT2D eigenvalue weighted by Gasteiger charge is 2.78. The van der Waals surface area contributed by atoms with Gasteiger partial charge in [-0.3, -0.25) is 0 Å². The van der Waals surface area contributed by atoms with Gasteiger partial charge in [0.2, 0.25) is 0 Å². The van der Waals surface area contributed by atoms with Gasteiger partial charge in [0.25, 0.3) is 5.92 Å². The molecule has 0 aromatic heterocycles. The second-order valence-electron chi connectivity index (χ2n) is 8.28. The van der Waals surface area contributed by atoms with Gasteiger partial charge in [-0.1, -0.05) is 6.92 Å². The van der Waals surface area contributed by atoms with Gasteiger partial charge in [0, 0.05) is 11.3 Å². The van der Waals surface area contributed by atoms with Gasteiger partial charge in [0.15, 0.2) is 0 Å². The fourth-order valence-electron chi connectivity index (χ4n) is 4.27. The first-order chi connectivity index (χ1) is 10.5. The molecule has 0 aromatic carbocycles. The molecule has 1 spiro atoms. The second kappa shape index (κ2) is 5.01. The number of alkyl halides is 2. The van der Waals surface area contributed by atoms with Crippen molar-refractivity contribution >= 4 is 7.12 Å². The lowest BCUT2D eigenvalue weighted by atomic mass is 9.75. The van der Waals surface area contributed by atoms with Crippen LogP contribution in [0, 0.1) is 11.3 Å². The molecule has 1 aliphatic heterocycles. The molecule has 130 valence electrons. The van der Waals surface area contributed by atoms with E-state index in [2.05, 4.69) is 0 Å². The van der Waals surface area contributed by atoms with Crippen molar-refractivity contribution in [3.63, 3.8) is 0 Å². The third-order valence-corrected chi connectivity index (χ3v) is 6.64. The summed E-state index contributed by atoms with van der Waals surface area (Å²) in [5.41, 5.74) is -1.89. The van der Waals surface area contributed by atoms with Crippen molar-refractivity contribution in [3.05, 3.63) is 11.3 Å². The van der Waals surface area contributed by atoms with Crippen molar-refractivity contribution in [2.75, 3.05) is 0 Å². The summed E-state index contributed by atoms with van der Waals surface area (Å²) in [4.78, 5) is 0. The van der Waals surface area contributed by atoms with Crippen molar-refractivity contribution in [2.24, 2.45) is 11.3 Å². The Kier molecular flexibility index (Phi) is 3.78. The minimum Gasteiger partial charge on any atom is -0.398 e. The van der Waals surface area contributed by atoms with E-state index in [0.717, 1.165) is 0 Å². The number of hydrogen-bond donors (Lipinski definition) is 0. The van der Waals surface area contributed by atoms with Crippen molar-refractivity contribution in [1.29, 1.82) is 0 Å². The third kappa shape index (κ3) is 2.31. The molecule has 2 saturated carbocycles. The number of halogens is 3. The first-order valence-corrected chi connectivity index (χ1v) is 8.59. The molecule has 3 rings (SSSR count). The summed E-state index contributed by atoms with van der Waals surface area (Å²) >= 11 is 0. The lowest BCUT2D eigenvalue weighted by molar-refractivity contribution is 0.00578. The molecule has 2 aliphatic carbocycles. The molecule has 6 heteroatoms. The Bertz CT molecular complexity index is 516. The van der Waals surface area contributed by atoms with Crippen LogP contribution in [0.3, 0.4) is 0 Å². The van der Waals surface area contributed by atoms with Gasteiger partial charge < -0.3 is 9.31 Å². The van der Waals surface area contributed by atoms with E-state index in [0.29, 0.717) is 37.7 Å². The van der Waals surface area contributed by atoms with Crippen LogP contribution in [-0.4, -0.2) is 24.2 Å². The summed E-state index contributed by atoms with van der Waals surface area (Å²) in [6, 6.07) is 0.